The highest BCUT2D eigenvalue weighted by molar-refractivity contribution is 5.88. The number of hydrogen-bond acceptors (Lipinski definition) is 8. The molecular weight excluding hydrogens is 471 g/mol. The van der Waals surface area contributed by atoms with Gasteiger partial charge in [0.25, 0.3) is 5.78 Å². The predicted molar refractivity (Wildman–Crippen MR) is 139 cm³/mol. The molecule has 4 aromatic rings. The van der Waals surface area contributed by atoms with Crippen molar-refractivity contribution in [2.45, 2.75) is 58.2 Å². The second-order valence-electron chi connectivity index (χ2n) is 9.40. The molecule has 1 aromatic carbocycles. The number of nitriles is 1. The molecule has 1 aliphatic rings. The van der Waals surface area contributed by atoms with Crippen molar-refractivity contribution in [1.82, 2.24) is 29.5 Å². The van der Waals surface area contributed by atoms with Gasteiger partial charge in [0.2, 0.25) is 0 Å². The van der Waals surface area contributed by atoms with E-state index in [1.807, 2.05) is 18.2 Å². The number of anilines is 1. The number of ether oxygens (including phenoxy) is 1. The molecule has 0 spiro atoms. The van der Waals surface area contributed by atoms with Crippen LogP contribution in [0.5, 0.6) is 5.75 Å². The first-order chi connectivity index (χ1) is 18.0. The Hall–Kier alpha value is -3.84. The Bertz CT molecular complexity index is 1460. The largest absolute Gasteiger partial charge is 0.497 e. The molecule has 9 nitrogen and oxygen atoms in total. The van der Waals surface area contributed by atoms with Gasteiger partial charge in [-0.15, -0.1) is 10.2 Å². The summed E-state index contributed by atoms with van der Waals surface area (Å²) in [4.78, 5) is 14.3. The van der Waals surface area contributed by atoms with Crippen molar-refractivity contribution < 1.29 is 9.13 Å². The van der Waals surface area contributed by atoms with Crippen LogP contribution < -0.4 is 9.64 Å². The zero-order valence-electron chi connectivity index (χ0n) is 21.6. The number of fused-ring (bicyclic) bond motifs is 3. The van der Waals surface area contributed by atoms with Gasteiger partial charge >= 0.3 is 0 Å². The molecule has 5 rings (SSSR count). The molecule has 0 bridgehead atoms. The number of rotatable bonds is 7. The highest BCUT2D eigenvalue weighted by Gasteiger charge is 2.38. The van der Waals surface area contributed by atoms with E-state index < -0.39 is 0 Å². The van der Waals surface area contributed by atoms with E-state index in [9.17, 15) is 5.26 Å². The third kappa shape index (κ3) is 4.33. The Labute approximate surface area is 215 Å². The van der Waals surface area contributed by atoms with Crippen molar-refractivity contribution in [3.63, 3.8) is 0 Å². The van der Waals surface area contributed by atoms with E-state index in [-0.39, 0.29) is 23.9 Å². The summed E-state index contributed by atoms with van der Waals surface area (Å²) in [6, 6.07) is 11.1. The van der Waals surface area contributed by atoms with Crippen LogP contribution in [0.2, 0.25) is 0 Å². The van der Waals surface area contributed by atoms with E-state index in [0.717, 1.165) is 31.3 Å². The molecule has 0 amide bonds. The second kappa shape index (κ2) is 10.3. The summed E-state index contributed by atoms with van der Waals surface area (Å²) in [5.74, 6) is 1.48. The molecule has 0 aliphatic carbocycles. The normalized spacial score (nSPS) is 19.3. The summed E-state index contributed by atoms with van der Waals surface area (Å²) < 4.78 is 22.2. The van der Waals surface area contributed by atoms with E-state index in [1.165, 1.54) is 6.07 Å². The molecule has 37 heavy (non-hydrogen) atoms. The van der Waals surface area contributed by atoms with Gasteiger partial charge in [0.1, 0.15) is 35.2 Å². The van der Waals surface area contributed by atoms with Gasteiger partial charge in [-0.2, -0.15) is 10.2 Å². The first kappa shape index (κ1) is 24.8. The number of aromatic nitrogens is 5. The Balaban J connectivity index is 1.57. The van der Waals surface area contributed by atoms with Crippen LogP contribution in [-0.4, -0.2) is 61.7 Å². The zero-order chi connectivity index (χ0) is 26.1. The molecule has 0 saturated carbocycles. The number of hydrogen-bond donors (Lipinski definition) is 0. The van der Waals surface area contributed by atoms with Gasteiger partial charge in [-0.1, -0.05) is 26.8 Å². The Morgan fingerprint density at radius 1 is 1.11 bits per heavy atom. The van der Waals surface area contributed by atoms with Crippen LogP contribution in [0.1, 0.15) is 57.3 Å². The molecule has 192 valence electrons. The monoisotopic (exact) mass is 502 g/mol. The average Bonchev–Trinajstić information content (AvgIpc) is 3.42. The van der Waals surface area contributed by atoms with E-state index in [2.05, 4.69) is 51.8 Å². The van der Waals surface area contributed by atoms with Gasteiger partial charge in [-0.25, -0.2) is 9.37 Å². The van der Waals surface area contributed by atoms with Gasteiger partial charge in [0, 0.05) is 42.8 Å². The lowest BCUT2D eigenvalue weighted by Gasteiger charge is -2.49. The first-order valence-corrected chi connectivity index (χ1v) is 12.8. The van der Waals surface area contributed by atoms with E-state index >= 15 is 4.39 Å². The lowest BCUT2D eigenvalue weighted by atomic mass is 9.94. The molecule has 0 N–H and O–H groups in total. The summed E-state index contributed by atoms with van der Waals surface area (Å²) >= 11 is 0. The van der Waals surface area contributed by atoms with E-state index in [4.69, 9.17) is 9.72 Å². The van der Waals surface area contributed by atoms with Crippen LogP contribution in [0.25, 0.3) is 16.8 Å². The number of piperazine rings is 1. The molecule has 10 heteroatoms. The number of nitrogens with zero attached hydrogens (tertiary/aromatic N) is 8. The highest BCUT2D eigenvalue weighted by Crippen LogP contribution is 2.37. The summed E-state index contributed by atoms with van der Waals surface area (Å²) in [5.41, 5.74) is 2.49. The summed E-state index contributed by atoms with van der Waals surface area (Å²) in [6.07, 6.45) is 4.16. The first-order valence-electron chi connectivity index (χ1n) is 12.8. The maximum Gasteiger partial charge on any atom is 0.257 e. The molecule has 0 unspecified atom stereocenters. The number of halogens is 1. The topological polar surface area (TPSA) is 95.5 Å². The van der Waals surface area contributed by atoms with Crippen LogP contribution >= 0.6 is 0 Å². The Kier molecular flexibility index (Phi) is 6.89. The number of methoxy groups -OCH3 is 1. The molecule has 1 fully saturated rings. The van der Waals surface area contributed by atoms with Crippen LogP contribution in [0.15, 0.2) is 36.7 Å². The van der Waals surface area contributed by atoms with Crippen molar-refractivity contribution in [3.8, 4) is 11.8 Å². The number of benzene rings is 1. The fraction of sp³-hybridized carbons (Fsp3) is 0.444. The second-order valence-corrected chi connectivity index (χ2v) is 9.40. The fourth-order valence-electron chi connectivity index (χ4n) is 5.56. The van der Waals surface area contributed by atoms with Crippen molar-refractivity contribution >= 4 is 22.6 Å². The van der Waals surface area contributed by atoms with Crippen molar-refractivity contribution in [1.29, 1.82) is 5.26 Å². The Morgan fingerprint density at radius 3 is 2.59 bits per heavy atom. The highest BCUT2D eigenvalue weighted by atomic mass is 19.1. The van der Waals surface area contributed by atoms with Crippen molar-refractivity contribution in [3.05, 3.63) is 53.7 Å². The maximum absolute atomic E-state index is 15.2. The minimum atomic E-state index is -0.241. The standard InChI is InChI=1S/C27H31FN8O/c1-5-18-15-35(26-25-24(11-8-17(13-29)31-25)36-16-30-33-27(36)32-26)19(6-2)14-34(18)23(7-3)21-10-9-20(37-4)12-22(21)28/h8-12,16,18-19,23H,5-7,14-15H2,1-4H3/t18-,19+,23+/m1/s1. The van der Waals surface area contributed by atoms with Crippen LogP contribution in [-0.2, 0) is 0 Å². The molecule has 0 radical (unpaired) electrons. The third-order valence-electron chi connectivity index (χ3n) is 7.50. The smallest absolute Gasteiger partial charge is 0.257 e. The van der Waals surface area contributed by atoms with Crippen LogP contribution in [0, 0.1) is 17.1 Å². The van der Waals surface area contributed by atoms with Gasteiger partial charge in [0.05, 0.1) is 12.6 Å². The number of pyridine rings is 1. The minimum Gasteiger partial charge on any atom is -0.497 e. The molecule has 3 atom stereocenters. The van der Waals surface area contributed by atoms with Gasteiger partial charge in [-0.05, 0) is 37.5 Å². The van der Waals surface area contributed by atoms with Crippen molar-refractivity contribution in [2.75, 3.05) is 25.1 Å². The minimum absolute atomic E-state index is 0.0564. The van der Waals surface area contributed by atoms with Gasteiger partial charge < -0.3 is 9.64 Å². The zero-order valence-corrected chi connectivity index (χ0v) is 21.6. The molecular formula is C27H31FN8O. The lowest BCUT2D eigenvalue weighted by molar-refractivity contribution is 0.0877. The molecule has 1 saturated heterocycles. The average molecular weight is 503 g/mol. The molecule has 3 aromatic heterocycles. The van der Waals surface area contributed by atoms with Crippen LogP contribution in [0.4, 0.5) is 10.2 Å². The quantitative estimate of drug-likeness (QED) is 0.364. The summed E-state index contributed by atoms with van der Waals surface area (Å²) in [7, 11) is 1.55. The lowest BCUT2D eigenvalue weighted by Crippen LogP contribution is -2.59. The summed E-state index contributed by atoms with van der Waals surface area (Å²) in [5, 5.41) is 17.7. The Morgan fingerprint density at radius 2 is 1.92 bits per heavy atom. The van der Waals surface area contributed by atoms with Gasteiger partial charge in [0.15, 0.2) is 5.82 Å². The van der Waals surface area contributed by atoms with Crippen LogP contribution in [0.3, 0.4) is 0 Å². The van der Waals surface area contributed by atoms with E-state index in [1.54, 1.807) is 23.9 Å². The molecule has 4 heterocycles. The molecule has 1 aliphatic heterocycles. The predicted octanol–water partition coefficient (Wildman–Crippen LogP) is 4.52. The SMILES string of the molecule is CC[C@H]1CN([C@@H](CC)c2ccc(OC)cc2F)[C@H](CC)CN1c1nc2nncn2c2ccc(C#N)nc12. The summed E-state index contributed by atoms with van der Waals surface area (Å²) in [6.45, 7) is 7.88. The van der Waals surface area contributed by atoms with E-state index in [0.29, 0.717) is 40.7 Å². The van der Waals surface area contributed by atoms with Gasteiger partial charge in [-0.3, -0.25) is 9.30 Å². The third-order valence-corrected chi connectivity index (χ3v) is 7.50. The maximum atomic E-state index is 15.2. The fourth-order valence-corrected chi connectivity index (χ4v) is 5.56. The van der Waals surface area contributed by atoms with Crippen molar-refractivity contribution in [2.24, 2.45) is 0 Å².